The fraction of sp³-hybridized carbons (Fsp3) is 0.481. The van der Waals surface area contributed by atoms with E-state index in [1.807, 2.05) is 44.0 Å². The minimum Gasteiger partial charge on any atom is -0.479 e. The predicted molar refractivity (Wildman–Crippen MR) is 293 cm³/mol. The van der Waals surface area contributed by atoms with E-state index >= 15 is 4.39 Å². The molecule has 12 atom stereocenters. The van der Waals surface area contributed by atoms with Gasteiger partial charge in [0.25, 0.3) is 5.56 Å². The average Bonchev–Trinajstić information content (AvgIpc) is 2.56. The van der Waals surface area contributed by atoms with Crippen LogP contribution in [0.5, 0.6) is 17.4 Å². The quantitative estimate of drug-likeness (QED) is 0.0368. The fourth-order valence-electron chi connectivity index (χ4n) is 8.44. The summed E-state index contributed by atoms with van der Waals surface area (Å²) in [6.07, 6.45) is -6.83. The van der Waals surface area contributed by atoms with E-state index in [4.69, 9.17) is 47.5 Å². The molecule has 0 spiro atoms. The first-order valence-corrected chi connectivity index (χ1v) is 28.8. The minimum absolute atomic E-state index is 0.100. The lowest BCUT2D eigenvalue weighted by atomic mass is 9.96. The summed E-state index contributed by atoms with van der Waals surface area (Å²) in [6.45, 7) is 13.3. The first kappa shape index (κ1) is 62.9. The maximum absolute atomic E-state index is 15.4. The Morgan fingerprint density at radius 3 is 2.06 bits per heavy atom. The van der Waals surface area contributed by atoms with Gasteiger partial charge in [0.15, 0.2) is 29.3 Å². The van der Waals surface area contributed by atoms with Crippen LogP contribution in [0.3, 0.4) is 0 Å². The Morgan fingerprint density at radius 1 is 0.829 bits per heavy atom. The molecule has 6 aromatic rings. The lowest BCUT2D eigenvalue weighted by Gasteiger charge is -2.27. The number of carbonyl (C=O) groups is 2. The van der Waals surface area contributed by atoms with Crippen molar-refractivity contribution in [2.75, 3.05) is 32.7 Å². The molecule has 2 aliphatic heterocycles. The van der Waals surface area contributed by atoms with Crippen LogP contribution >= 0.6 is 15.5 Å². The van der Waals surface area contributed by atoms with E-state index in [1.165, 1.54) is 50.9 Å². The molecule has 3 aromatic carbocycles. The van der Waals surface area contributed by atoms with Crippen LogP contribution in [0, 0.1) is 5.41 Å². The van der Waals surface area contributed by atoms with Gasteiger partial charge in [0.2, 0.25) is 11.8 Å². The van der Waals surface area contributed by atoms with Crippen LogP contribution in [0.4, 0.5) is 10.3 Å². The summed E-state index contributed by atoms with van der Waals surface area (Å²) >= 11 is 0. The van der Waals surface area contributed by atoms with E-state index < -0.39 is 118 Å². The Bertz CT molecular complexity index is 3430. The number of imidazole rings is 1. The van der Waals surface area contributed by atoms with Crippen molar-refractivity contribution in [2.24, 2.45) is 5.41 Å². The first-order valence-electron chi connectivity index (χ1n) is 25.7. The van der Waals surface area contributed by atoms with Crippen LogP contribution in [0.1, 0.15) is 74.8 Å². The zero-order valence-electron chi connectivity index (χ0n) is 46.5. The summed E-state index contributed by atoms with van der Waals surface area (Å²) in [5.74, 6) is -0.971. The van der Waals surface area contributed by atoms with E-state index in [0.717, 1.165) is 29.1 Å². The molecule has 8 rings (SSSR count). The molecule has 0 unspecified atom stereocenters. The van der Waals surface area contributed by atoms with Crippen LogP contribution < -0.4 is 40.9 Å². The molecule has 0 saturated carbocycles. The number of aliphatic hydroxyl groups excluding tert-OH is 2. The van der Waals surface area contributed by atoms with Crippen LogP contribution in [0.25, 0.3) is 21.9 Å². The number of ether oxygens (including phenoxy) is 5. The second-order valence-corrected chi connectivity index (χ2v) is 24.6. The lowest BCUT2D eigenvalue weighted by molar-refractivity contribution is -0.149. The number of nitrogens with two attached hydrogens (primary N) is 1. The number of aromatic nitrogens is 6. The minimum atomic E-state index is -4.37. The molecule has 2 aliphatic rings. The number of hydrogen-bond donors (Lipinski definition) is 7. The lowest BCUT2D eigenvalue weighted by Crippen LogP contribution is -2.44. The van der Waals surface area contributed by atoms with Crippen LogP contribution in [0.2, 0.25) is 0 Å². The second-order valence-electron chi connectivity index (χ2n) is 21.2. The number of benzene rings is 3. The van der Waals surface area contributed by atoms with Crippen molar-refractivity contribution >= 4 is 55.3 Å². The van der Waals surface area contributed by atoms with Gasteiger partial charge in [-0.1, -0.05) is 75.4 Å². The highest BCUT2D eigenvalue weighted by Gasteiger charge is 2.57. The standard InChI is InChI=1S/C30H39N6O9P.C22H29FN3O9P/c1-17(26(38)42-15-29(2,3)4)35-46(40,45-20-13-9-11-18-10-7-8-12-19(18)20)43-14-21-23(37)30(5,39)27(44-21)36-16-32-22-24(36)33-28(31)34-25(22)41-6;1-13(2)33-19(29)14(3)25-36(31,35-15-8-6-5-7-9-15)32-12-16-18(28)22(4,23)20(34-16)26-11-10-17(27)24-21(26)30/h7-13,16-17,21,23,27,37,39H,14-15H2,1-6H3,(H,35,40)(H2,31,33,34);5-11,13-14,16,18,20,28H,12H2,1-4H3,(H,25,31)(H,24,27,30)/t17-,21+,23+,27+,30+,46-;14-,16+,18+,20+,22+,36-/m00/s1. The molecule has 27 nitrogen and oxygen atoms in total. The fourth-order valence-corrected chi connectivity index (χ4v) is 11.5. The molecule has 2 saturated heterocycles. The number of fused-ring (bicyclic) bond motifs is 2. The van der Waals surface area contributed by atoms with Gasteiger partial charge < -0.3 is 53.8 Å². The van der Waals surface area contributed by atoms with E-state index in [-0.39, 0.29) is 46.5 Å². The normalized spacial score (nSPS) is 24.9. The second kappa shape index (κ2) is 25.4. The number of esters is 2. The highest BCUT2D eigenvalue weighted by molar-refractivity contribution is 7.52. The first-order chi connectivity index (χ1) is 38.4. The van der Waals surface area contributed by atoms with Crippen molar-refractivity contribution in [3.8, 4) is 17.4 Å². The van der Waals surface area contributed by atoms with Gasteiger partial charge in [-0.2, -0.15) is 20.1 Å². The number of nitrogens with zero attached hydrogens (tertiary/aromatic N) is 5. The Hall–Kier alpha value is -6.68. The van der Waals surface area contributed by atoms with Crippen molar-refractivity contribution < 1.29 is 80.2 Å². The molecular formula is C52H68FN9O18P2. The monoisotopic (exact) mass is 1190 g/mol. The maximum Gasteiger partial charge on any atom is 0.459 e. The topological polar surface area (TPSA) is 361 Å². The van der Waals surface area contributed by atoms with Crippen LogP contribution in [-0.4, -0.2) is 137 Å². The molecule has 82 heavy (non-hydrogen) atoms. The van der Waals surface area contributed by atoms with Gasteiger partial charge in [0, 0.05) is 17.6 Å². The van der Waals surface area contributed by atoms with Crippen molar-refractivity contribution in [3.05, 3.63) is 112 Å². The summed E-state index contributed by atoms with van der Waals surface area (Å²) in [5.41, 5.74) is -0.00753. The molecule has 8 N–H and O–H groups in total. The molecular weight excluding hydrogens is 1120 g/mol. The van der Waals surface area contributed by atoms with Gasteiger partial charge in [0.1, 0.15) is 53.6 Å². The number of halogens is 1. The van der Waals surface area contributed by atoms with Gasteiger partial charge >= 0.3 is 33.1 Å². The van der Waals surface area contributed by atoms with E-state index in [2.05, 4.69) is 25.1 Å². The van der Waals surface area contributed by atoms with Crippen molar-refractivity contribution in [1.82, 2.24) is 39.2 Å². The molecule has 446 valence electrons. The van der Waals surface area contributed by atoms with Gasteiger partial charge in [-0.25, -0.2) is 23.3 Å². The summed E-state index contributed by atoms with van der Waals surface area (Å²) in [4.78, 5) is 63.0. The SMILES string of the molecule is CC(C)OC(=O)[C@H](C)N[P@](=O)(OC[C@H]1O[C@@H](n2ccc(=O)[nH]c2=O)[C@](C)(F)[C@@H]1O)Oc1ccccc1.COc1nc(N)nc2c1ncn2[C@@H]1O[C@H](CO[P@@](=O)(N[C@@H](C)C(=O)OCC(C)(C)C)Oc2cccc3ccccc23)[C@@H](O)[C@@]1(C)O. The highest BCUT2D eigenvalue weighted by Crippen LogP contribution is 2.50. The maximum atomic E-state index is 15.4. The van der Waals surface area contributed by atoms with E-state index in [9.17, 15) is 43.6 Å². The number of nitrogen functional groups attached to an aromatic ring is 1. The van der Waals surface area contributed by atoms with Gasteiger partial charge in [0.05, 0.1) is 39.4 Å². The largest absolute Gasteiger partial charge is 0.479 e. The van der Waals surface area contributed by atoms with Gasteiger partial charge in [-0.3, -0.25) is 37.5 Å². The Balaban J connectivity index is 0.000000244. The van der Waals surface area contributed by atoms with Crippen LogP contribution in [0.15, 0.2) is 101 Å². The van der Waals surface area contributed by atoms with Crippen molar-refractivity contribution in [2.45, 2.75) is 129 Å². The molecule has 30 heteroatoms. The number of methoxy groups -OCH3 is 1. The Kier molecular flexibility index (Phi) is 19.5. The van der Waals surface area contributed by atoms with Gasteiger partial charge in [-0.15, -0.1) is 0 Å². The number of aliphatic hydroxyl groups is 3. The number of nitrogens with one attached hydrogen (secondary N) is 3. The molecule has 3 aromatic heterocycles. The molecule has 2 fully saturated rings. The molecule has 0 bridgehead atoms. The smallest absolute Gasteiger partial charge is 0.459 e. The summed E-state index contributed by atoms with van der Waals surface area (Å²) in [7, 11) is -7.28. The number of alkyl halides is 1. The highest BCUT2D eigenvalue weighted by atomic mass is 31.2. The molecule has 0 amide bonds. The average molecular weight is 1190 g/mol. The third-order valence-corrected chi connectivity index (χ3v) is 15.9. The Morgan fingerprint density at radius 2 is 1.43 bits per heavy atom. The molecule has 0 radical (unpaired) electrons. The third-order valence-electron chi connectivity index (χ3n) is 12.6. The summed E-state index contributed by atoms with van der Waals surface area (Å²) in [5, 5.41) is 39.7. The number of hydrogen-bond acceptors (Lipinski definition) is 22. The number of rotatable bonds is 21. The molecule has 0 aliphatic carbocycles. The Labute approximate surface area is 469 Å². The number of aromatic amines is 1. The van der Waals surface area contributed by atoms with Crippen LogP contribution in [-0.2, 0) is 46.7 Å². The summed E-state index contributed by atoms with van der Waals surface area (Å²) < 4.78 is 95.6. The number of carbonyl (C=O) groups excluding carboxylic acids is 2. The molecule has 5 heterocycles. The van der Waals surface area contributed by atoms with Gasteiger partial charge in [-0.05, 0) is 70.5 Å². The summed E-state index contributed by atoms with van der Waals surface area (Å²) in [6, 6.07) is 19.3. The zero-order valence-corrected chi connectivity index (χ0v) is 48.3. The number of anilines is 1. The third kappa shape index (κ3) is 14.9. The van der Waals surface area contributed by atoms with E-state index in [1.54, 1.807) is 56.3 Å². The number of para-hydroxylation sites is 1. The van der Waals surface area contributed by atoms with Crippen molar-refractivity contribution in [3.63, 3.8) is 0 Å². The van der Waals surface area contributed by atoms with E-state index in [0.29, 0.717) is 5.39 Å². The predicted octanol–water partition coefficient (Wildman–Crippen LogP) is 5.01. The number of H-pyrrole nitrogens is 1. The zero-order chi connectivity index (χ0) is 60.1. The van der Waals surface area contributed by atoms with Crippen molar-refractivity contribution in [1.29, 1.82) is 0 Å².